The molecule has 1 amide bonds. The Balaban J connectivity index is 1.47. The molecule has 1 N–H and O–H groups in total. The minimum absolute atomic E-state index is 0.0681. The third-order valence-corrected chi connectivity index (χ3v) is 5.00. The number of carbonyl (C=O) groups is 1. The second-order valence-electron chi connectivity index (χ2n) is 6.72. The molecule has 26 heavy (non-hydrogen) atoms. The topological polar surface area (TPSA) is 48.6 Å². The molecule has 2 heterocycles. The van der Waals surface area contributed by atoms with Crippen LogP contribution in [0.1, 0.15) is 16.1 Å². The van der Waals surface area contributed by atoms with Gasteiger partial charge in [0.05, 0.1) is 12.8 Å². The molecule has 5 heteroatoms. The molecule has 0 atom stereocenters. The van der Waals surface area contributed by atoms with Gasteiger partial charge in [0.2, 0.25) is 0 Å². The number of carbonyl (C=O) groups excluding carboxylic acids is 1. The molecule has 4 rings (SSSR count). The van der Waals surface area contributed by atoms with Crippen LogP contribution in [0.15, 0.2) is 48.5 Å². The Labute approximate surface area is 153 Å². The molecule has 1 aliphatic rings. The van der Waals surface area contributed by atoms with Crippen LogP contribution in [0.4, 0.5) is 5.69 Å². The maximum Gasteiger partial charge on any atom is 0.270 e. The highest BCUT2D eigenvalue weighted by Gasteiger charge is 2.24. The molecule has 0 spiro atoms. The highest BCUT2D eigenvalue weighted by Crippen LogP contribution is 2.28. The van der Waals surface area contributed by atoms with Crippen molar-refractivity contribution in [2.24, 2.45) is 0 Å². The van der Waals surface area contributed by atoms with Crippen molar-refractivity contribution in [3.63, 3.8) is 0 Å². The molecular formula is C21H23N3O2. The summed E-state index contributed by atoms with van der Waals surface area (Å²) in [6, 6.07) is 16.2. The van der Waals surface area contributed by atoms with E-state index in [1.54, 1.807) is 7.11 Å². The van der Waals surface area contributed by atoms with Crippen LogP contribution in [-0.4, -0.2) is 49.1 Å². The Bertz CT molecular complexity index is 939. The Kier molecular flexibility index (Phi) is 4.29. The number of methoxy groups -OCH3 is 1. The average Bonchev–Trinajstić information content (AvgIpc) is 3.10. The average molecular weight is 349 g/mol. The first-order valence-electron chi connectivity index (χ1n) is 8.92. The van der Waals surface area contributed by atoms with Crippen LogP contribution in [0.5, 0.6) is 5.75 Å². The Morgan fingerprint density at radius 3 is 2.58 bits per heavy atom. The summed E-state index contributed by atoms with van der Waals surface area (Å²) in [6.07, 6.45) is 0. The van der Waals surface area contributed by atoms with E-state index in [0.29, 0.717) is 18.8 Å². The second-order valence-corrected chi connectivity index (χ2v) is 6.72. The number of nitrogens with one attached hydrogen (secondary N) is 1. The molecule has 0 unspecified atom stereocenters. The van der Waals surface area contributed by atoms with Crippen molar-refractivity contribution < 1.29 is 9.53 Å². The fourth-order valence-corrected chi connectivity index (χ4v) is 3.57. The number of nitrogens with zero attached hydrogens (tertiary/aromatic N) is 2. The van der Waals surface area contributed by atoms with Crippen LogP contribution >= 0.6 is 0 Å². The first-order valence-corrected chi connectivity index (χ1v) is 8.92. The zero-order valence-corrected chi connectivity index (χ0v) is 15.2. The standard InChI is InChI=1S/C21H23N3O2/c1-15-7-8-16-14-18(22-17(16)13-15)21(25)24-11-9-23(10-12-24)19-5-3-4-6-20(19)26-2/h3-8,13-14,22H,9-12H2,1-2H3. The van der Waals surface area contributed by atoms with Crippen LogP contribution in [-0.2, 0) is 0 Å². The minimum Gasteiger partial charge on any atom is -0.495 e. The number of H-pyrrole nitrogens is 1. The number of ether oxygens (including phenoxy) is 1. The number of piperazine rings is 1. The van der Waals surface area contributed by atoms with Crippen LogP contribution in [0.25, 0.3) is 10.9 Å². The molecule has 1 aliphatic heterocycles. The first-order chi connectivity index (χ1) is 12.7. The van der Waals surface area contributed by atoms with E-state index in [0.717, 1.165) is 35.4 Å². The van der Waals surface area contributed by atoms with E-state index in [9.17, 15) is 4.79 Å². The summed E-state index contributed by atoms with van der Waals surface area (Å²) >= 11 is 0. The molecule has 1 aromatic heterocycles. The second kappa shape index (κ2) is 6.75. The summed E-state index contributed by atoms with van der Waals surface area (Å²) in [5.41, 5.74) is 3.95. The molecule has 1 saturated heterocycles. The molecule has 0 radical (unpaired) electrons. The summed E-state index contributed by atoms with van der Waals surface area (Å²) in [7, 11) is 1.69. The van der Waals surface area contributed by atoms with E-state index in [1.165, 1.54) is 5.56 Å². The van der Waals surface area contributed by atoms with Gasteiger partial charge in [-0.3, -0.25) is 4.79 Å². The van der Waals surface area contributed by atoms with Crippen LogP contribution in [0.3, 0.4) is 0 Å². The van der Waals surface area contributed by atoms with Gasteiger partial charge in [0, 0.05) is 37.1 Å². The summed E-state index contributed by atoms with van der Waals surface area (Å²) in [5, 5.41) is 1.08. The molecule has 3 aromatic rings. The van der Waals surface area contributed by atoms with Gasteiger partial charge in [0.25, 0.3) is 5.91 Å². The number of anilines is 1. The molecule has 134 valence electrons. The third-order valence-electron chi connectivity index (χ3n) is 5.00. The number of hydrogen-bond acceptors (Lipinski definition) is 3. The van der Waals surface area contributed by atoms with Crippen molar-refractivity contribution in [1.82, 2.24) is 9.88 Å². The number of amides is 1. The van der Waals surface area contributed by atoms with Crippen LogP contribution < -0.4 is 9.64 Å². The van der Waals surface area contributed by atoms with Crippen molar-refractivity contribution >= 4 is 22.5 Å². The summed E-state index contributed by atoms with van der Waals surface area (Å²) in [5.74, 6) is 0.941. The van der Waals surface area contributed by atoms with Gasteiger partial charge in [0.15, 0.2) is 0 Å². The van der Waals surface area contributed by atoms with Crippen LogP contribution in [0, 0.1) is 6.92 Å². The molecule has 1 fully saturated rings. The monoisotopic (exact) mass is 349 g/mol. The van der Waals surface area contributed by atoms with Gasteiger partial charge in [0.1, 0.15) is 11.4 Å². The van der Waals surface area contributed by atoms with Gasteiger partial charge in [-0.1, -0.05) is 24.3 Å². The van der Waals surface area contributed by atoms with E-state index >= 15 is 0 Å². The van der Waals surface area contributed by atoms with E-state index in [-0.39, 0.29) is 5.91 Å². The predicted molar refractivity (Wildman–Crippen MR) is 104 cm³/mol. The SMILES string of the molecule is COc1ccccc1N1CCN(C(=O)c2cc3ccc(C)cc3[nH]2)CC1. The highest BCUT2D eigenvalue weighted by atomic mass is 16.5. The molecule has 0 bridgehead atoms. The lowest BCUT2D eigenvalue weighted by Gasteiger charge is -2.36. The molecular weight excluding hydrogens is 326 g/mol. The van der Waals surface area contributed by atoms with Gasteiger partial charge in [-0.15, -0.1) is 0 Å². The number of aryl methyl sites for hydroxylation is 1. The van der Waals surface area contributed by atoms with Crippen LogP contribution in [0.2, 0.25) is 0 Å². The summed E-state index contributed by atoms with van der Waals surface area (Å²) in [6.45, 7) is 5.05. The number of rotatable bonds is 3. The number of para-hydroxylation sites is 2. The lowest BCUT2D eigenvalue weighted by atomic mass is 10.2. The van der Waals surface area contributed by atoms with Gasteiger partial charge in [-0.05, 0) is 36.8 Å². The lowest BCUT2D eigenvalue weighted by molar-refractivity contribution is 0.0742. The number of aromatic amines is 1. The van der Waals surface area contributed by atoms with Gasteiger partial charge >= 0.3 is 0 Å². The van der Waals surface area contributed by atoms with Crippen molar-refractivity contribution in [2.45, 2.75) is 6.92 Å². The van der Waals surface area contributed by atoms with E-state index in [1.807, 2.05) is 29.2 Å². The molecule has 0 saturated carbocycles. The zero-order chi connectivity index (χ0) is 18.1. The van der Waals surface area contributed by atoms with Gasteiger partial charge in [-0.2, -0.15) is 0 Å². The number of aromatic nitrogens is 1. The third kappa shape index (κ3) is 3.01. The van der Waals surface area contributed by atoms with Crippen molar-refractivity contribution in [3.05, 3.63) is 59.8 Å². The Morgan fingerprint density at radius 1 is 1.04 bits per heavy atom. The minimum atomic E-state index is 0.0681. The Hall–Kier alpha value is -2.95. The largest absolute Gasteiger partial charge is 0.495 e. The summed E-state index contributed by atoms with van der Waals surface area (Å²) < 4.78 is 5.46. The molecule has 0 aliphatic carbocycles. The fraction of sp³-hybridized carbons (Fsp3) is 0.286. The number of benzene rings is 2. The highest BCUT2D eigenvalue weighted by molar-refractivity contribution is 5.98. The van der Waals surface area contributed by atoms with Crippen molar-refractivity contribution in [3.8, 4) is 5.75 Å². The maximum atomic E-state index is 12.9. The Morgan fingerprint density at radius 2 is 1.81 bits per heavy atom. The quantitative estimate of drug-likeness (QED) is 0.788. The predicted octanol–water partition coefficient (Wildman–Crippen LogP) is 3.45. The van der Waals surface area contributed by atoms with E-state index in [4.69, 9.17) is 4.74 Å². The zero-order valence-electron chi connectivity index (χ0n) is 15.2. The van der Waals surface area contributed by atoms with E-state index < -0.39 is 0 Å². The van der Waals surface area contributed by atoms with Crippen molar-refractivity contribution in [1.29, 1.82) is 0 Å². The smallest absolute Gasteiger partial charge is 0.270 e. The normalized spacial score (nSPS) is 14.7. The number of fused-ring (bicyclic) bond motifs is 1. The maximum absolute atomic E-state index is 12.9. The number of hydrogen-bond donors (Lipinski definition) is 1. The first kappa shape index (κ1) is 16.5. The molecule has 2 aromatic carbocycles. The molecule has 5 nitrogen and oxygen atoms in total. The van der Waals surface area contributed by atoms with Gasteiger partial charge < -0.3 is 19.5 Å². The lowest BCUT2D eigenvalue weighted by Crippen LogP contribution is -2.49. The summed E-state index contributed by atoms with van der Waals surface area (Å²) in [4.78, 5) is 20.3. The van der Waals surface area contributed by atoms with Gasteiger partial charge in [-0.25, -0.2) is 0 Å². The van der Waals surface area contributed by atoms with Crippen molar-refractivity contribution in [2.75, 3.05) is 38.2 Å². The van der Waals surface area contributed by atoms with E-state index in [2.05, 4.69) is 41.1 Å². The fourth-order valence-electron chi connectivity index (χ4n) is 3.57.